The molecule has 0 atom stereocenters. The zero-order valence-electron chi connectivity index (χ0n) is 13.6. The number of rotatable bonds is 7. The molecule has 0 aliphatic carbocycles. The van der Waals surface area contributed by atoms with Gasteiger partial charge in [-0.3, -0.25) is 9.69 Å². The van der Waals surface area contributed by atoms with Gasteiger partial charge in [-0.05, 0) is 39.9 Å². The van der Waals surface area contributed by atoms with Crippen molar-refractivity contribution in [3.8, 4) is 5.75 Å². The highest BCUT2D eigenvalue weighted by Gasteiger charge is 2.36. The van der Waals surface area contributed by atoms with Crippen molar-refractivity contribution < 1.29 is 9.53 Å². The van der Waals surface area contributed by atoms with E-state index in [4.69, 9.17) is 4.74 Å². The molecular formula is C17H27NO2. The van der Waals surface area contributed by atoms with E-state index >= 15 is 0 Å². The van der Waals surface area contributed by atoms with Gasteiger partial charge in [-0.1, -0.05) is 31.5 Å². The lowest BCUT2D eigenvalue weighted by molar-refractivity contribution is -0.129. The summed E-state index contributed by atoms with van der Waals surface area (Å²) in [6.07, 6.45) is 2.07. The molecular weight excluding hydrogens is 250 g/mol. The maximum Gasteiger partial charge on any atom is 0.157 e. The minimum atomic E-state index is -0.380. The number of carbonyl (C=O) groups is 1. The fraction of sp³-hybridized carbons (Fsp3) is 0.588. The molecule has 0 aromatic heterocycles. The highest BCUT2D eigenvalue weighted by atomic mass is 16.5. The minimum absolute atomic E-state index is 0.261. The lowest BCUT2D eigenvalue weighted by atomic mass is 9.83. The van der Waals surface area contributed by atoms with Crippen LogP contribution in [0.3, 0.4) is 0 Å². The Labute approximate surface area is 122 Å². The molecule has 3 heteroatoms. The van der Waals surface area contributed by atoms with Crippen LogP contribution in [0.25, 0.3) is 0 Å². The number of benzene rings is 1. The van der Waals surface area contributed by atoms with Gasteiger partial charge in [0.05, 0.1) is 12.6 Å². The maximum atomic E-state index is 12.8. The molecule has 0 aliphatic heterocycles. The molecule has 0 heterocycles. The first-order valence-electron chi connectivity index (χ1n) is 7.25. The summed E-state index contributed by atoms with van der Waals surface area (Å²) in [6.45, 7) is 6.19. The van der Waals surface area contributed by atoms with E-state index in [1.165, 1.54) is 0 Å². The smallest absolute Gasteiger partial charge is 0.157 e. The van der Waals surface area contributed by atoms with Gasteiger partial charge in [-0.2, -0.15) is 0 Å². The Balaban J connectivity index is 3.08. The number of hydrogen-bond acceptors (Lipinski definition) is 3. The molecule has 1 aromatic carbocycles. The SMILES string of the molecule is CCC(CC)(C(=O)Cc1cc(C)ccc1OC)N(C)C. The normalized spacial score (nSPS) is 11.8. The van der Waals surface area contributed by atoms with Crippen molar-refractivity contribution in [3.63, 3.8) is 0 Å². The molecule has 0 N–H and O–H groups in total. The zero-order chi connectivity index (χ0) is 15.3. The summed E-state index contributed by atoms with van der Waals surface area (Å²) in [7, 11) is 5.62. The fourth-order valence-corrected chi connectivity index (χ4v) is 2.91. The number of nitrogens with zero attached hydrogens (tertiary/aromatic N) is 1. The minimum Gasteiger partial charge on any atom is -0.496 e. The molecule has 0 saturated carbocycles. The first-order chi connectivity index (χ1) is 9.41. The maximum absolute atomic E-state index is 12.8. The Hall–Kier alpha value is -1.35. The molecule has 0 saturated heterocycles. The van der Waals surface area contributed by atoms with Crippen molar-refractivity contribution in [1.82, 2.24) is 4.90 Å². The second-order valence-corrected chi connectivity index (χ2v) is 5.55. The average Bonchev–Trinajstić information content (AvgIpc) is 2.40. The van der Waals surface area contributed by atoms with E-state index in [9.17, 15) is 4.79 Å². The van der Waals surface area contributed by atoms with Crippen LogP contribution in [0.1, 0.15) is 37.8 Å². The topological polar surface area (TPSA) is 29.5 Å². The van der Waals surface area contributed by atoms with E-state index in [1.54, 1.807) is 7.11 Å². The van der Waals surface area contributed by atoms with Gasteiger partial charge < -0.3 is 4.74 Å². The van der Waals surface area contributed by atoms with Crippen LogP contribution in [0.4, 0.5) is 0 Å². The van der Waals surface area contributed by atoms with Crippen LogP contribution < -0.4 is 4.74 Å². The molecule has 0 bridgehead atoms. The van der Waals surface area contributed by atoms with Crippen LogP contribution in [0.15, 0.2) is 18.2 Å². The Morgan fingerprint density at radius 3 is 2.30 bits per heavy atom. The number of likely N-dealkylation sites (N-methyl/N-ethyl adjacent to an activating group) is 1. The number of hydrogen-bond donors (Lipinski definition) is 0. The number of Topliss-reactive ketones (excluding diaryl/α,β-unsaturated/α-hetero) is 1. The van der Waals surface area contributed by atoms with Crippen LogP contribution in [-0.4, -0.2) is 37.4 Å². The highest BCUT2D eigenvalue weighted by molar-refractivity contribution is 5.90. The van der Waals surface area contributed by atoms with Gasteiger partial charge in [-0.15, -0.1) is 0 Å². The van der Waals surface area contributed by atoms with Crippen LogP contribution >= 0.6 is 0 Å². The van der Waals surface area contributed by atoms with E-state index in [1.807, 2.05) is 39.2 Å². The molecule has 0 unspecified atom stereocenters. The van der Waals surface area contributed by atoms with E-state index in [0.717, 1.165) is 29.7 Å². The van der Waals surface area contributed by atoms with E-state index in [2.05, 4.69) is 18.7 Å². The Morgan fingerprint density at radius 2 is 1.85 bits per heavy atom. The molecule has 112 valence electrons. The number of ketones is 1. The number of carbonyl (C=O) groups excluding carboxylic acids is 1. The third-order valence-corrected chi connectivity index (χ3v) is 4.33. The van der Waals surface area contributed by atoms with E-state index in [-0.39, 0.29) is 11.3 Å². The Bertz CT molecular complexity index is 462. The molecule has 0 aliphatic rings. The molecule has 20 heavy (non-hydrogen) atoms. The van der Waals surface area contributed by atoms with Crippen LogP contribution in [0, 0.1) is 6.92 Å². The lowest BCUT2D eigenvalue weighted by Crippen LogP contribution is -2.51. The predicted octanol–water partition coefficient (Wildman–Crippen LogP) is 3.24. The predicted molar refractivity (Wildman–Crippen MR) is 83.4 cm³/mol. The molecule has 3 nitrogen and oxygen atoms in total. The Morgan fingerprint density at radius 1 is 1.25 bits per heavy atom. The van der Waals surface area contributed by atoms with Gasteiger partial charge in [0.1, 0.15) is 5.75 Å². The van der Waals surface area contributed by atoms with Gasteiger partial charge >= 0.3 is 0 Å². The van der Waals surface area contributed by atoms with Crippen LogP contribution in [-0.2, 0) is 11.2 Å². The molecule has 0 spiro atoms. The molecule has 0 fully saturated rings. The fourth-order valence-electron chi connectivity index (χ4n) is 2.91. The van der Waals surface area contributed by atoms with Crippen molar-refractivity contribution in [2.45, 2.75) is 45.6 Å². The number of ether oxygens (including phenoxy) is 1. The highest BCUT2D eigenvalue weighted by Crippen LogP contribution is 2.27. The summed E-state index contributed by atoms with van der Waals surface area (Å²) in [5.41, 5.74) is 1.75. The van der Waals surface area contributed by atoms with Crippen molar-refractivity contribution in [2.24, 2.45) is 0 Å². The summed E-state index contributed by atoms with van der Waals surface area (Å²) in [4.78, 5) is 14.9. The first-order valence-corrected chi connectivity index (χ1v) is 7.25. The van der Waals surface area contributed by atoms with Gasteiger partial charge in [0.2, 0.25) is 0 Å². The van der Waals surface area contributed by atoms with E-state index in [0.29, 0.717) is 6.42 Å². The van der Waals surface area contributed by atoms with Gasteiger partial charge in [0, 0.05) is 12.0 Å². The van der Waals surface area contributed by atoms with Crippen molar-refractivity contribution in [2.75, 3.05) is 21.2 Å². The molecule has 0 radical (unpaired) electrons. The summed E-state index contributed by atoms with van der Waals surface area (Å²) >= 11 is 0. The van der Waals surface area contributed by atoms with Crippen molar-refractivity contribution in [3.05, 3.63) is 29.3 Å². The summed E-state index contributed by atoms with van der Waals surface area (Å²) in [5, 5.41) is 0. The monoisotopic (exact) mass is 277 g/mol. The second kappa shape index (κ2) is 6.89. The van der Waals surface area contributed by atoms with Gasteiger partial charge in [-0.25, -0.2) is 0 Å². The molecule has 1 aromatic rings. The number of methoxy groups -OCH3 is 1. The van der Waals surface area contributed by atoms with Gasteiger partial charge in [0.25, 0.3) is 0 Å². The summed E-state index contributed by atoms with van der Waals surface area (Å²) in [6, 6.07) is 5.99. The molecule has 0 amide bonds. The zero-order valence-corrected chi connectivity index (χ0v) is 13.6. The largest absolute Gasteiger partial charge is 0.496 e. The van der Waals surface area contributed by atoms with Crippen molar-refractivity contribution >= 4 is 5.78 Å². The van der Waals surface area contributed by atoms with Crippen molar-refractivity contribution in [1.29, 1.82) is 0 Å². The van der Waals surface area contributed by atoms with E-state index < -0.39 is 0 Å². The van der Waals surface area contributed by atoms with Crippen LogP contribution in [0.2, 0.25) is 0 Å². The van der Waals surface area contributed by atoms with Crippen LogP contribution in [0.5, 0.6) is 5.75 Å². The Kier molecular flexibility index (Phi) is 5.75. The second-order valence-electron chi connectivity index (χ2n) is 5.55. The quantitative estimate of drug-likeness (QED) is 0.766. The lowest BCUT2D eigenvalue weighted by Gasteiger charge is -2.37. The third kappa shape index (κ3) is 3.21. The first kappa shape index (κ1) is 16.7. The molecule has 1 rings (SSSR count). The van der Waals surface area contributed by atoms with Gasteiger partial charge in [0.15, 0.2) is 5.78 Å². The summed E-state index contributed by atoms with van der Waals surface area (Å²) < 4.78 is 5.38. The summed E-state index contributed by atoms with van der Waals surface area (Å²) in [5.74, 6) is 1.06. The standard InChI is InChI=1S/C17H27NO2/c1-7-17(8-2,18(4)5)16(19)12-14-11-13(3)9-10-15(14)20-6/h9-11H,7-8,12H2,1-6H3. The average molecular weight is 277 g/mol. The number of aryl methyl sites for hydroxylation is 1. The third-order valence-electron chi connectivity index (χ3n) is 4.33.